The topological polar surface area (TPSA) is 74.6 Å². The van der Waals surface area contributed by atoms with Crippen LogP contribution in [0.15, 0.2) is 67.5 Å². The van der Waals surface area contributed by atoms with E-state index in [1.165, 1.54) is 5.56 Å². The monoisotopic (exact) mass is 500 g/mol. The Balaban J connectivity index is 1.42. The van der Waals surface area contributed by atoms with Crippen LogP contribution in [0.2, 0.25) is 0 Å². The normalized spacial score (nSPS) is 20.4. The molecular weight excluding hydrogens is 464 g/mol. The third-order valence-corrected chi connectivity index (χ3v) is 7.75. The molecule has 2 unspecified atom stereocenters. The van der Waals surface area contributed by atoms with Crippen LogP contribution in [0.5, 0.6) is 0 Å². The quantitative estimate of drug-likeness (QED) is 0.514. The van der Waals surface area contributed by atoms with Crippen LogP contribution in [0.25, 0.3) is 0 Å². The maximum atomic E-state index is 13.6. The number of aryl methyl sites for hydroxylation is 1. The number of benzene rings is 1. The summed E-state index contributed by atoms with van der Waals surface area (Å²) in [6.07, 6.45) is 13.5. The van der Waals surface area contributed by atoms with Gasteiger partial charge < -0.3 is 14.4 Å². The molecule has 3 aromatic rings. The van der Waals surface area contributed by atoms with E-state index in [9.17, 15) is 9.59 Å². The summed E-state index contributed by atoms with van der Waals surface area (Å²) in [5.74, 6) is 0.205. The first-order valence-corrected chi connectivity index (χ1v) is 13.3. The van der Waals surface area contributed by atoms with Crippen molar-refractivity contribution in [2.45, 2.75) is 70.7 Å². The average molecular weight is 501 g/mol. The number of imidazole rings is 1. The van der Waals surface area contributed by atoms with Crippen LogP contribution < -0.4 is 4.90 Å². The Bertz CT molecular complexity index is 1180. The Morgan fingerprint density at radius 3 is 2.57 bits per heavy atom. The minimum Gasteiger partial charge on any atom is -0.337 e. The summed E-state index contributed by atoms with van der Waals surface area (Å²) in [5, 5.41) is 0. The highest BCUT2D eigenvalue weighted by Gasteiger charge is 2.36. The van der Waals surface area contributed by atoms with Gasteiger partial charge in [0.05, 0.1) is 6.33 Å². The molecule has 0 spiro atoms. The van der Waals surface area contributed by atoms with Crippen molar-refractivity contribution in [3.05, 3.63) is 78.6 Å². The van der Waals surface area contributed by atoms with Crippen molar-refractivity contribution in [1.29, 1.82) is 0 Å². The Labute approximate surface area is 218 Å². The molecule has 2 aliphatic heterocycles. The molecule has 8 nitrogen and oxygen atoms in total. The molecule has 5 rings (SSSR count). The average Bonchev–Trinajstić information content (AvgIpc) is 3.54. The molecule has 194 valence electrons. The van der Waals surface area contributed by atoms with Gasteiger partial charge in [0, 0.05) is 88.6 Å². The van der Waals surface area contributed by atoms with Crippen molar-refractivity contribution in [3.8, 4) is 0 Å². The smallest absolute Gasteiger partial charge is 0.223 e. The molecule has 4 heterocycles. The summed E-state index contributed by atoms with van der Waals surface area (Å²) < 4.78 is 2.01. The number of nitrogens with zero attached hydrogens (tertiary/aromatic N) is 6. The number of fused-ring (bicyclic) bond motifs is 3. The van der Waals surface area contributed by atoms with Gasteiger partial charge in [-0.2, -0.15) is 0 Å². The van der Waals surface area contributed by atoms with E-state index in [1.54, 1.807) is 19.4 Å². The first-order chi connectivity index (χ1) is 18.1. The summed E-state index contributed by atoms with van der Waals surface area (Å²) in [6, 6.07) is 12.8. The third kappa shape index (κ3) is 6.07. The molecule has 1 aromatic carbocycles. The van der Waals surface area contributed by atoms with Gasteiger partial charge in [-0.25, -0.2) is 4.98 Å². The predicted molar refractivity (Wildman–Crippen MR) is 143 cm³/mol. The lowest BCUT2D eigenvalue weighted by atomic mass is 10.1. The van der Waals surface area contributed by atoms with Crippen LogP contribution in [0.3, 0.4) is 0 Å². The van der Waals surface area contributed by atoms with Crippen LogP contribution in [0.4, 0.5) is 5.69 Å². The zero-order valence-electron chi connectivity index (χ0n) is 21.6. The summed E-state index contributed by atoms with van der Waals surface area (Å²) in [7, 11) is 0. The van der Waals surface area contributed by atoms with Gasteiger partial charge in [-0.3, -0.25) is 19.5 Å². The zero-order chi connectivity index (χ0) is 25.6. The highest BCUT2D eigenvalue weighted by Crippen LogP contribution is 2.32. The number of anilines is 1. The van der Waals surface area contributed by atoms with Crippen LogP contribution in [-0.4, -0.2) is 61.3 Å². The fourth-order valence-corrected chi connectivity index (χ4v) is 5.82. The van der Waals surface area contributed by atoms with Crippen LogP contribution in [0, 0.1) is 0 Å². The summed E-state index contributed by atoms with van der Waals surface area (Å²) in [6.45, 7) is 5.12. The van der Waals surface area contributed by atoms with Gasteiger partial charge in [0.15, 0.2) is 0 Å². The number of para-hydroxylation sites is 1. The van der Waals surface area contributed by atoms with E-state index in [0.29, 0.717) is 32.1 Å². The molecule has 2 amide bonds. The lowest BCUT2D eigenvalue weighted by molar-refractivity contribution is -0.132. The lowest BCUT2D eigenvalue weighted by Gasteiger charge is -2.34. The van der Waals surface area contributed by atoms with Crippen molar-refractivity contribution in [3.63, 3.8) is 0 Å². The van der Waals surface area contributed by atoms with E-state index in [0.717, 1.165) is 50.0 Å². The summed E-state index contributed by atoms with van der Waals surface area (Å²) >= 11 is 0. The number of carbonyl (C=O) groups is 2. The standard InChI is InChI=1S/C29H36N6O2/c1-23(36)34-17-12-26-8-9-27(35(26)19-24-10-13-30-14-11-24)21-33(20-25-5-2-3-6-28(25)34)29(37)7-4-16-32-18-15-31-22-32/h2-3,5-6,10-11,13-15,18,22,26-27H,4,7-9,12,16-17,19-21H2,1H3. The Hall–Kier alpha value is -3.52. The van der Waals surface area contributed by atoms with Gasteiger partial charge in [-0.05, 0) is 55.0 Å². The number of hydrogen-bond acceptors (Lipinski definition) is 5. The van der Waals surface area contributed by atoms with Crippen LogP contribution in [-0.2, 0) is 29.2 Å². The minimum absolute atomic E-state index is 0.0418. The fraction of sp³-hybridized carbons (Fsp3) is 0.448. The molecule has 0 N–H and O–H groups in total. The zero-order valence-corrected chi connectivity index (χ0v) is 21.6. The lowest BCUT2D eigenvalue weighted by Crippen LogP contribution is -2.45. The Morgan fingerprint density at radius 2 is 1.78 bits per heavy atom. The molecule has 2 atom stereocenters. The number of carbonyl (C=O) groups excluding carboxylic acids is 2. The van der Waals surface area contributed by atoms with Crippen LogP contribution in [0.1, 0.15) is 50.2 Å². The molecule has 37 heavy (non-hydrogen) atoms. The maximum Gasteiger partial charge on any atom is 0.223 e. The fourth-order valence-electron chi connectivity index (χ4n) is 5.82. The van der Waals surface area contributed by atoms with Crippen molar-refractivity contribution in [1.82, 2.24) is 24.3 Å². The molecule has 0 saturated carbocycles. The summed E-state index contributed by atoms with van der Waals surface area (Å²) in [5.41, 5.74) is 3.18. The van der Waals surface area contributed by atoms with E-state index in [1.807, 2.05) is 51.2 Å². The largest absolute Gasteiger partial charge is 0.337 e. The van der Waals surface area contributed by atoms with E-state index < -0.39 is 0 Å². The van der Waals surface area contributed by atoms with Crippen molar-refractivity contribution in [2.75, 3.05) is 18.0 Å². The molecule has 8 heteroatoms. The molecule has 1 fully saturated rings. The van der Waals surface area contributed by atoms with Crippen LogP contribution >= 0.6 is 0 Å². The van der Waals surface area contributed by atoms with E-state index in [-0.39, 0.29) is 17.9 Å². The maximum absolute atomic E-state index is 13.6. The van der Waals surface area contributed by atoms with E-state index >= 15 is 0 Å². The first kappa shape index (κ1) is 25.1. The molecule has 0 radical (unpaired) electrons. The molecule has 1 saturated heterocycles. The van der Waals surface area contributed by atoms with Crippen molar-refractivity contribution < 1.29 is 9.59 Å². The minimum atomic E-state index is 0.0418. The third-order valence-electron chi connectivity index (χ3n) is 7.75. The molecule has 2 aromatic heterocycles. The Morgan fingerprint density at radius 1 is 0.973 bits per heavy atom. The second-order valence-electron chi connectivity index (χ2n) is 10.2. The van der Waals surface area contributed by atoms with Crippen molar-refractivity contribution in [2.24, 2.45) is 0 Å². The van der Waals surface area contributed by atoms with Gasteiger partial charge in [-0.1, -0.05) is 18.2 Å². The highest BCUT2D eigenvalue weighted by atomic mass is 16.2. The molecular formula is C29H36N6O2. The highest BCUT2D eigenvalue weighted by molar-refractivity contribution is 5.92. The van der Waals surface area contributed by atoms with Crippen molar-refractivity contribution >= 4 is 17.5 Å². The first-order valence-electron chi connectivity index (χ1n) is 13.3. The number of hydrogen-bond donors (Lipinski definition) is 0. The van der Waals surface area contributed by atoms with Gasteiger partial charge >= 0.3 is 0 Å². The molecule has 2 aliphatic rings. The van der Waals surface area contributed by atoms with E-state index in [2.05, 4.69) is 33.1 Å². The number of rotatable bonds is 6. The van der Waals surface area contributed by atoms with Gasteiger partial charge in [-0.15, -0.1) is 0 Å². The van der Waals surface area contributed by atoms with Gasteiger partial charge in [0.25, 0.3) is 0 Å². The SMILES string of the molecule is CC(=O)N1CCC2CCC(CN(C(=O)CCCn3ccnc3)Cc3ccccc31)N2Cc1ccncc1. The molecule has 0 aliphatic carbocycles. The number of pyridine rings is 1. The second kappa shape index (κ2) is 11.7. The predicted octanol–water partition coefficient (Wildman–Crippen LogP) is 3.88. The Kier molecular flexibility index (Phi) is 7.94. The number of amides is 2. The second-order valence-corrected chi connectivity index (χ2v) is 10.2. The van der Waals surface area contributed by atoms with E-state index in [4.69, 9.17) is 0 Å². The molecule has 2 bridgehead atoms. The number of aromatic nitrogens is 3. The summed E-state index contributed by atoms with van der Waals surface area (Å²) in [4.78, 5) is 41.2. The van der Waals surface area contributed by atoms with Gasteiger partial charge in [0.1, 0.15) is 0 Å². The van der Waals surface area contributed by atoms with Gasteiger partial charge in [0.2, 0.25) is 11.8 Å².